The number of ether oxygens (including phenoxy) is 1. The Morgan fingerprint density at radius 2 is 1.97 bits per heavy atom. The van der Waals surface area contributed by atoms with Crippen LogP contribution in [0, 0.1) is 6.92 Å². The number of hydrogen-bond acceptors (Lipinski definition) is 4. The number of para-hydroxylation sites is 2. The van der Waals surface area contributed by atoms with Crippen molar-refractivity contribution in [3.63, 3.8) is 0 Å². The van der Waals surface area contributed by atoms with E-state index < -0.39 is 0 Å². The van der Waals surface area contributed by atoms with Crippen molar-refractivity contribution in [2.75, 3.05) is 13.2 Å². The topological polar surface area (TPSA) is 69.0 Å². The molecular formula is C28H32N4O2. The molecule has 34 heavy (non-hydrogen) atoms. The molecule has 2 heterocycles. The van der Waals surface area contributed by atoms with Gasteiger partial charge in [-0.3, -0.25) is 9.78 Å². The molecule has 0 aliphatic carbocycles. The van der Waals surface area contributed by atoms with Crippen LogP contribution in [-0.4, -0.2) is 33.6 Å². The van der Waals surface area contributed by atoms with Crippen LogP contribution in [-0.2, 0) is 13.0 Å². The fourth-order valence-electron chi connectivity index (χ4n) is 4.10. The number of hydrogen-bond donors (Lipinski definition) is 1. The number of amides is 1. The zero-order chi connectivity index (χ0) is 23.9. The van der Waals surface area contributed by atoms with Gasteiger partial charge >= 0.3 is 0 Å². The number of aryl methyl sites for hydroxylation is 2. The van der Waals surface area contributed by atoms with Crippen LogP contribution >= 0.6 is 0 Å². The van der Waals surface area contributed by atoms with E-state index >= 15 is 0 Å². The molecule has 0 fully saturated rings. The maximum absolute atomic E-state index is 12.3. The standard InChI is InChI=1S/C28H32N4O2/c1-20(2)23-13-12-21(3)18-26(23)34-17-16-32-25-10-5-4-9-24(25)31-27(32)11-7-15-30-28(33)22-8-6-14-29-19-22/h4-6,8-10,12-14,18-20H,7,11,15-17H2,1-3H3,(H,30,33). The number of carbonyl (C=O) groups excluding carboxylic acids is 1. The van der Waals surface area contributed by atoms with Crippen molar-refractivity contribution in [1.82, 2.24) is 19.9 Å². The van der Waals surface area contributed by atoms with E-state index in [0.717, 1.165) is 35.4 Å². The molecule has 0 aliphatic rings. The fourth-order valence-corrected chi connectivity index (χ4v) is 4.10. The number of fused-ring (bicyclic) bond motifs is 1. The molecule has 1 N–H and O–H groups in total. The van der Waals surface area contributed by atoms with Crippen molar-refractivity contribution < 1.29 is 9.53 Å². The molecule has 0 spiro atoms. The summed E-state index contributed by atoms with van der Waals surface area (Å²) in [5, 5.41) is 2.97. The molecule has 0 bridgehead atoms. The van der Waals surface area contributed by atoms with Crippen molar-refractivity contribution in [3.8, 4) is 5.75 Å². The Labute approximate surface area is 201 Å². The molecule has 6 heteroatoms. The lowest BCUT2D eigenvalue weighted by Crippen LogP contribution is -2.25. The Kier molecular flexibility index (Phi) is 7.58. The zero-order valence-electron chi connectivity index (χ0n) is 20.1. The normalized spacial score (nSPS) is 11.2. The molecule has 0 unspecified atom stereocenters. The molecular weight excluding hydrogens is 424 g/mol. The lowest BCUT2D eigenvalue weighted by atomic mass is 10.0. The van der Waals surface area contributed by atoms with Gasteiger partial charge in [-0.15, -0.1) is 0 Å². The molecule has 1 amide bonds. The largest absolute Gasteiger partial charge is 0.491 e. The number of pyridine rings is 1. The summed E-state index contributed by atoms with van der Waals surface area (Å²) in [6.07, 6.45) is 4.80. The first-order chi connectivity index (χ1) is 16.5. The first-order valence-electron chi connectivity index (χ1n) is 11.9. The van der Waals surface area contributed by atoms with Gasteiger partial charge in [-0.2, -0.15) is 0 Å². The molecule has 4 rings (SSSR count). The second-order valence-corrected chi connectivity index (χ2v) is 8.81. The number of nitrogens with one attached hydrogen (secondary N) is 1. The second kappa shape index (κ2) is 11.0. The van der Waals surface area contributed by atoms with Gasteiger partial charge in [0.25, 0.3) is 5.91 Å². The summed E-state index contributed by atoms with van der Waals surface area (Å²) in [5.41, 5.74) is 5.08. The lowest BCUT2D eigenvalue weighted by molar-refractivity contribution is 0.0952. The molecule has 6 nitrogen and oxygen atoms in total. The first-order valence-corrected chi connectivity index (χ1v) is 11.9. The Hall–Kier alpha value is -3.67. The van der Waals surface area contributed by atoms with Gasteiger partial charge in [0.15, 0.2) is 0 Å². The Balaban J connectivity index is 1.40. The van der Waals surface area contributed by atoms with E-state index in [2.05, 4.69) is 59.9 Å². The highest BCUT2D eigenvalue weighted by Gasteiger charge is 2.13. The van der Waals surface area contributed by atoms with Crippen LogP contribution in [0.3, 0.4) is 0 Å². The molecule has 0 radical (unpaired) electrons. The first kappa shape index (κ1) is 23.5. The predicted octanol–water partition coefficient (Wildman–Crippen LogP) is 5.30. The van der Waals surface area contributed by atoms with Crippen molar-refractivity contribution in [1.29, 1.82) is 0 Å². The minimum absolute atomic E-state index is 0.103. The van der Waals surface area contributed by atoms with Crippen molar-refractivity contribution in [2.45, 2.75) is 46.1 Å². The summed E-state index contributed by atoms with van der Waals surface area (Å²) in [6, 6.07) is 18.1. The Bertz CT molecular complexity index is 1250. The SMILES string of the molecule is Cc1ccc(C(C)C)c(OCCn2c(CCCNC(=O)c3cccnc3)nc3ccccc32)c1. The van der Waals surface area contributed by atoms with Crippen molar-refractivity contribution >= 4 is 16.9 Å². The van der Waals surface area contributed by atoms with E-state index in [0.29, 0.717) is 31.2 Å². The number of benzene rings is 2. The van der Waals surface area contributed by atoms with Crippen molar-refractivity contribution in [3.05, 3.63) is 89.5 Å². The highest BCUT2D eigenvalue weighted by Crippen LogP contribution is 2.27. The van der Waals surface area contributed by atoms with Crippen LogP contribution in [0.2, 0.25) is 0 Å². The van der Waals surface area contributed by atoms with Crippen LogP contribution in [0.4, 0.5) is 0 Å². The Morgan fingerprint density at radius 1 is 1.12 bits per heavy atom. The van der Waals surface area contributed by atoms with E-state index in [1.807, 2.05) is 18.2 Å². The monoisotopic (exact) mass is 456 g/mol. The van der Waals surface area contributed by atoms with Crippen LogP contribution in [0.25, 0.3) is 11.0 Å². The van der Waals surface area contributed by atoms with Gasteiger partial charge in [0.1, 0.15) is 18.2 Å². The maximum Gasteiger partial charge on any atom is 0.252 e. The summed E-state index contributed by atoms with van der Waals surface area (Å²) < 4.78 is 8.49. The van der Waals surface area contributed by atoms with E-state index in [4.69, 9.17) is 9.72 Å². The molecule has 4 aromatic rings. The van der Waals surface area contributed by atoms with Gasteiger partial charge in [-0.05, 0) is 60.7 Å². The third-order valence-electron chi connectivity index (χ3n) is 5.88. The van der Waals surface area contributed by atoms with E-state index in [9.17, 15) is 4.79 Å². The van der Waals surface area contributed by atoms with Crippen LogP contribution in [0.1, 0.15) is 53.5 Å². The summed E-state index contributed by atoms with van der Waals surface area (Å²) in [6.45, 7) is 8.32. The highest BCUT2D eigenvalue weighted by atomic mass is 16.5. The average molecular weight is 457 g/mol. The summed E-state index contributed by atoms with van der Waals surface area (Å²) in [4.78, 5) is 21.1. The number of carbonyl (C=O) groups is 1. The smallest absolute Gasteiger partial charge is 0.252 e. The third kappa shape index (κ3) is 5.63. The minimum atomic E-state index is -0.103. The quantitative estimate of drug-likeness (QED) is 0.329. The van der Waals surface area contributed by atoms with E-state index in [-0.39, 0.29) is 5.91 Å². The summed E-state index contributed by atoms with van der Waals surface area (Å²) in [5.74, 6) is 2.27. The van der Waals surface area contributed by atoms with E-state index in [1.165, 1.54) is 11.1 Å². The molecule has 2 aromatic heterocycles. The highest BCUT2D eigenvalue weighted by molar-refractivity contribution is 5.93. The molecule has 0 atom stereocenters. The number of imidazole rings is 1. The minimum Gasteiger partial charge on any atom is -0.491 e. The zero-order valence-corrected chi connectivity index (χ0v) is 20.1. The van der Waals surface area contributed by atoms with Gasteiger partial charge in [-0.25, -0.2) is 4.98 Å². The van der Waals surface area contributed by atoms with E-state index in [1.54, 1.807) is 24.5 Å². The number of nitrogens with zero attached hydrogens (tertiary/aromatic N) is 3. The molecule has 0 saturated carbocycles. The van der Waals surface area contributed by atoms with Gasteiger partial charge in [0.2, 0.25) is 0 Å². The number of rotatable bonds is 10. The second-order valence-electron chi connectivity index (χ2n) is 8.81. The molecule has 2 aromatic carbocycles. The number of aromatic nitrogens is 3. The average Bonchev–Trinajstić information content (AvgIpc) is 3.19. The summed E-state index contributed by atoms with van der Waals surface area (Å²) in [7, 11) is 0. The van der Waals surface area contributed by atoms with Crippen LogP contribution in [0.15, 0.2) is 67.0 Å². The van der Waals surface area contributed by atoms with Gasteiger partial charge < -0.3 is 14.6 Å². The summed E-state index contributed by atoms with van der Waals surface area (Å²) >= 11 is 0. The predicted molar refractivity (Wildman–Crippen MR) is 135 cm³/mol. The molecule has 176 valence electrons. The Morgan fingerprint density at radius 3 is 2.76 bits per heavy atom. The van der Waals surface area contributed by atoms with Crippen LogP contribution in [0.5, 0.6) is 5.75 Å². The van der Waals surface area contributed by atoms with Crippen LogP contribution < -0.4 is 10.1 Å². The maximum atomic E-state index is 12.3. The van der Waals surface area contributed by atoms with Gasteiger partial charge in [-0.1, -0.05) is 38.1 Å². The van der Waals surface area contributed by atoms with Gasteiger partial charge in [0, 0.05) is 25.4 Å². The molecule has 0 saturated heterocycles. The molecule has 0 aliphatic heterocycles. The fraction of sp³-hybridized carbons (Fsp3) is 0.321. The van der Waals surface area contributed by atoms with Gasteiger partial charge in [0.05, 0.1) is 23.1 Å². The third-order valence-corrected chi connectivity index (χ3v) is 5.88. The van der Waals surface area contributed by atoms with Crippen molar-refractivity contribution in [2.24, 2.45) is 0 Å². The lowest BCUT2D eigenvalue weighted by Gasteiger charge is -2.16.